The van der Waals surface area contributed by atoms with E-state index in [0.29, 0.717) is 22.3 Å². The number of aromatic hydroxyl groups is 1. The highest BCUT2D eigenvalue weighted by atomic mass is 79.9. The predicted octanol–water partition coefficient (Wildman–Crippen LogP) is 3.91. The van der Waals surface area contributed by atoms with Crippen LogP contribution in [0.15, 0.2) is 40.9 Å². The van der Waals surface area contributed by atoms with Gasteiger partial charge in [0.25, 0.3) is 0 Å². The van der Waals surface area contributed by atoms with Crippen LogP contribution in [0.2, 0.25) is 0 Å². The first-order valence-electron chi connectivity index (χ1n) is 5.65. The van der Waals surface area contributed by atoms with E-state index in [4.69, 9.17) is 4.74 Å². The van der Waals surface area contributed by atoms with Gasteiger partial charge in [-0.1, -0.05) is 0 Å². The normalized spacial score (nSPS) is 10.3. The van der Waals surface area contributed by atoms with Crippen LogP contribution < -0.4 is 10.1 Å². The lowest BCUT2D eigenvalue weighted by Gasteiger charge is -2.10. The summed E-state index contributed by atoms with van der Waals surface area (Å²) in [6.45, 7) is 0.418. The van der Waals surface area contributed by atoms with Gasteiger partial charge in [0.1, 0.15) is 17.3 Å². The van der Waals surface area contributed by atoms with Crippen molar-refractivity contribution in [2.45, 2.75) is 6.54 Å². The maximum absolute atomic E-state index is 13.1. The van der Waals surface area contributed by atoms with E-state index in [0.717, 1.165) is 5.69 Å². The Morgan fingerprint density at radius 1 is 1.26 bits per heavy atom. The Bertz CT molecular complexity index is 590. The fourth-order valence-corrected chi connectivity index (χ4v) is 2.01. The lowest BCUT2D eigenvalue weighted by Crippen LogP contribution is -2.00. The highest BCUT2D eigenvalue weighted by Gasteiger charge is 2.04. The van der Waals surface area contributed by atoms with Gasteiger partial charge >= 0.3 is 0 Å². The Labute approximate surface area is 119 Å². The molecule has 0 fully saturated rings. The number of phenols is 1. The summed E-state index contributed by atoms with van der Waals surface area (Å²) < 4.78 is 18.6. The maximum atomic E-state index is 13.1. The highest BCUT2D eigenvalue weighted by Crippen LogP contribution is 2.25. The largest absolute Gasteiger partial charge is 0.508 e. The molecule has 2 aromatic carbocycles. The highest BCUT2D eigenvalue weighted by molar-refractivity contribution is 9.10. The summed E-state index contributed by atoms with van der Waals surface area (Å²) >= 11 is 3.13. The molecule has 2 N–H and O–H groups in total. The number of anilines is 1. The van der Waals surface area contributed by atoms with E-state index in [1.807, 2.05) is 0 Å². The molecule has 2 aromatic rings. The number of methoxy groups -OCH3 is 1. The number of hydrogen-bond acceptors (Lipinski definition) is 3. The molecule has 0 saturated carbocycles. The van der Waals surface area contributed by atoms with Gasteiger partial charge in [-0.2, -0.15) is 0 Å². The van der Waals surface area contributed by atoms with Gasteiger partial charge in [0.15, 0.2) is 0 Å². The van der Waals surface area contributed by atoms with Crippen molar-refractivity contribution in [3.8, 4) is 11.5 Å². The second-order valence-corrected chi connectivity index (χ2v) is 4.83. The van der Waals surface area contributed by atoms with E-state index < -0.39 is 0 Å². The van der Waals surface area contributed by atoms with Crippen LogP contribution in [-0.4, -0.2) is 12.2 Å². The van der Waals surface area contributed by atoms with Crippen LogP contribution in [0.4, 0.5) is 10.1 Å². The third-order valence-electron chi connectivity index (χ3n) is 2.69. The Balaban J connectivity index is 2.11. The van der Waals surface area contributed by atoms with Gasteiger partial charge < -0.3 is 15.2 Å². The summed E-state index contributed by atoms with van der Waals surface area (Å²) in [7, 11) is 1.57. The van der Waals surface area contributed by atoms with Crippen molar-refractivity contribution in [1.82, 2.24) is 0 Å². The summed E-state index contributed by atoms with van der Waals surface area (Å²) in [4.78, 5) is 0. The van der Waals surface area contributed by atoms with Crippen molar-refractivity contribution in [3.63, 3.8) is 0 Å². The minimum absolute atomic E-state index is 0.189. The van der Waals surface area contributed by atoms with E-state index in [1.54, 1.807) is 37.4 Å². The van der Waals surface area contributed by atoms with Crippen molar-refractivity contribution in [2.75, 3.05) is 12.4 Å². The molecule has 0 heterocycles. The molecule has 100 valence electrons. The van der Waals surface area contributed by atoms with E-state index in [9.17, 15) is 9.50 Å². The molecule has 19 heavy (non-hydrogen) atoms. The van der Waals surface area contributed by atoms with Crippen LogP contribution in [-0.2, 0) is 6.54 Å². The van der Waals surface area contributed by atoms with Gasteiger partial charge in [-0.25, -0.2) is 4.39 Å². The fraction of sp³-hybridized carbons (Fsp3) is 0.143. The lowest BCUT2D eigenvalue weighted by molar-refractivity contribution is 0.411. The molecule has 0 amide bonds. The van der Waals surface area contributed by atoms with Crippen LogP contribution in [0.5, 0.6) is 11.5 Å². The molecular weight excluding hydrogens is 313 g/mol. The summed E-state index contributed by atoms with van der Waals surface area (Å²) in [5, 5.41) is 12.9. The number of rotatable bonds is 4. The Kier molecular flexibility index (Phi) is 4.27. The Morgan fingerprint density at radius 2 is 2.05 bits per heavy atom. The molecule has 0 atom stereocenters. The summed E-state index contributed by atoms with van der Waals surface area (Å²) in [5.41, 5.74) is 1.47. The van der Waals surface area contributed by atoms with E-state index in [2.05, 4.69) is 21.2 Å². The topological polar surface area (TPSA) is 41.5 Å². The zero-order valence-corrected chi connectivity index (χ0v) is 11.9. The summed E-state index contributed by atoms with van der Waals surface area (Å²) in [6, 6.07) is 9.67. The molecule has 0 aliphatic heterocycles. The Hall–Kier alpha value is -1.75. The first-order chi connectivity index (χ1) is 9.10. The van der Waals surface area contributed by atoms with Crippen LogP contribution in [0.25, 0.3) is 0 Å². The number of ether oxygens (including phenoxy) is 1. The van der Waals surface area contributed by atoms with E-state index >= 15 is 0 Å². The lowest BCUT2D eigenvalue weighted by atomic mass is 10.2. The molecule has 0 spiro atoms. The van der Waals surface area contributed by atoms with Gasteiger partial charge in [-0.05, 0) is 52.3 Å². The molecule has 0 unspecified atom stereocenters. The second-order valence-electron chi connectivity index (χ2n) is 3.98. The van der Waals surface area contributed by atoms with Crippen LogP contribution in [0.1, 0.15) is 5.56 Å². The quantitative estimate of drug-likeness (QED) is 0.895. The minimum Gasteiger partial charge on any atom is -0.508 e. The van der Waals surface area contributed by atoms with Gasteiger partial charge in [0, 0.05) is 17.8 Å². The SMILES string of the molecule is COc1ccc(O)c(CNc2ccc(F)c(Br)c2)c1. The molecule has 0 aliphatic carbocycles. The average Bonchev–Trinajstić information content (AvgIpc) is 2.41. The molecule has 2 rings (SSSR count). The van der Waals surface area contributed by atoms with Crippen LogP contribution in [0, 0.1) is 5.82 Å². The number of hydrogen-bond donors (Lipinski definition) is 2. The maximum Gasteiger partial charge on any atom is 0.137 e. The van der Waals surface area contributed by atoms with E-state index in [1.165, 1.54) is 6.07 Å². The summed E-state index contributed by atoms with van der Waals surface area (Å²) in [5.74, 6) is 0.555. The second kappa shape index (κ2) is 5.93. The standard InChI is InChI=1S/C14H13BrFNO2/c1-19-11-3-5-14(18)9(6-11)8-17-10-2-4-13(16)12(15)7-10/h2-7,17-18H,8H2,1H3. The molecule has 5 heteroatoms. The minimum atomic E-state index is -0.310. The van der Waals surface area contributed by atoms with Gasteiger partial charge in [-0.15, -0.1) is 0 Å². The Morgan fingerprint density at radius 3 is 2.74 bits per heavy atom. The van der Waals surface area contributed by atoms with Crippen molar-refractivity contribution in [3.05, 3.63) is 52.3 Å². The monoisotopic (exact) mass is 325 g/mol. The molecular formula is C14H13BrFNO2. The fourth-order valence-electron chi connectivity index (χ4n) is 1.63. The first-order valence-corrected chi connectivity index (χ1v) is 6.44. The molecule has 0 aromatic heterocycles. The zero-order chi connectivity index (χ0) is 13.8. The van der Waals surface area contributed by atoms with Crippen LogP contribution in [0.3, 0.4) is 0 Å². The van der Waals surface area contributed by atoms with E-state index in [-0.39, 0.29) is 11.6 Å². The molecule has 0 bridgehead atoms. The van der Waals surface area contributed by atoms with Gasteiger partial charge in [0.2, 0.25) is 0 Å². The third-order valence-corrected chi connectivity index (χ3v) is 3.30. The molecule has 0 saturated heterocycles. The predicted molar refractivity (Wildman–Crippen MR) is 76.1 cm³/mol. The third kappa shape index (κ3) is 3.38. The number of nitrogens with one attached hydrogen (secondary N) is 1. The van der Waals surface area contributed by atoms with Gasteiger partial charge in [0.05, 0.1) is 11.6 Å². The van der Waals surface area contributed by atoms with Crippen molar-refractivity contribution in [1.29, 1.82) is 0 Å². The zero-order valence-electron chi connectivity index (χ0n) is 10.3. The van der Waals surface area contributed by atoms with Crippen LogP contribution >= 0.6 is 15.9 Å². The van der Waals surface area contributed by atoms with Gasteiger partial charge in [-0.3, -0.25) is 0 Å². The smallest absolute Gasteiger partial charge is 0.137 e. The van der Waals surface area contributed by atoms with Crippen molar-refractivity contribution < 1.29 is 14.2 Å². The molecule has 0 aliphatic rings. The number of halogens is 2. The first kappa shape index (κ1) is 13.7. The molecule has 3 nitrogen and oxygen atoms in total. The number of benzene rings is 2. The average molecular weight is 326 g/mol. The summed E-state index contributed by atoms with van der Waals surface area (Å²) in [6.07, 6.45) is 0. The molecule has 0 radical (unpaired) electrons. The van der Waals surface area contributed by atoms with Crippen molar-refractivity contribution in [2.24, 2.45) is 0 Å². The van der Waals surface area contributed by atoms with Crippen molar-refractivity contribution >= 4 is 21.6 Å². The number of phenolic OH excluding ortho intramolecular Hbond substituents is 1.